The molecule has 0 fully saturated rings. The van der Waals surface area contributed by atoms with Crippen molar-refractivity contribution in [2.75, 3.05) is 5.73 Å². The van der Waals surface area contributed by atoms with Crippen LogP contribution in [0.4, 0.5) is 5.82 Å². The molecule has 2 aromatic heterocycles. The van der Waals surface area contributed by atoms with Gasteiger partial charge in [-0.25, -0.2) is 4.98 Å². The molecule has 16 heavy (non-hydrogen) atoms. The van der Waals surface area contributed by atoms with E-state index in [1.165, 1.54) is 0 Å². The number of nitrogens with two attached hydrogens (primary N) is 1. The number of nitrogens with zero attached hydrogens (tertiary/aromatic N) is 1. The van der Waals surface area contributed by atoms with Gasteiger partial charge >= 0.3 is 0 Å². The topological polar surface area (TPSA) is 74.9 Å². The summed E-state index contributed by atoms with van der Waals surface area (Å²) >= 11 is 0. The van der Waals surface area contributed by atoms with Crippen LogP contribution in [0.5, 0.6) is 5.75 Å². The number of hydrogen-bond acceptors (Lipinski definition) is 3. The average Bonchev–Trinajstić information content (AvgIpc) is 2.57. The lowest BCUT2D eigenvalue weighted by atomic mass is 10.1. The minimum Gasteiger partial charge on any atom is -0.508 e. The molecule has 2 heterocycles. The fraction of sp³-hybridized carbons (Fsp3) is 0.0833. The zero-order chi connectivity index (χ0) is 11.3. The Kier molecular flexibility index (Phi) is 1.63. The van der Waals surface area contributed by atoms with Gasteiger partial charge in [-0.05, 0) is 31.2 Å². The van der Waals surface area contributed by atoms with Crippen molar-refractivity contribution < 1.29 is 5.11 Å². The molecule has 4 nitrogen and oxygen atoms in total. The maximum Gasteiger partial charge on any atom is 0.124 e. The van der Waals surface area contributed by atoms with Gasteiger partial charge in [-0.15, -0.1) is 0 Å². The molecule has 0 radical (unpaired) electrons. The highest BCUT2D eigenvalue weighted by atomic mass is 16.3. The van der Waals surface area contributed by atoms with E-state index in [0.717, 1.165) is 27.5 Å². The van der Waals surface area contributed by atoms with Crippen LogP contribution in [0.2, 0.25) is 0 Å². The monoisotopic (exact) mass is 213 g/mol. The molecule has 3 aromatic rings. The van der Waals surface area contributed by atoms with Crippen molar-refractivity contribution in [2.24, 2.45) is 0 Å². The number of aryl methyl sites for hydroxylation is 1. The van der Waals surface area contributed by atoms with E-state index in [1.54, 1.807) is 12.1 Å². The first-order valence-corrected chi connectivity index (χ1v) is 5.02. The molecule has 80 valence electrons. The van der Waals surface area contributed by atoms with E-state index in [4.69, 9.17) is 5.73 Å². The minimum absolute atomic E-state index is 0.251. The Morgan fingerprint density at radius 2 is 2.06 bits per heavy atom. The second kappa shape index (κ2) is 2.88. The lowest BCUT2D eigenvalue weighted by Crippen LogP contribution is -1.92. The lowest BCUT2D eigenvalue weighted by molar-refractivity contribution is 0.476. The third kappa shape index (κ3) is 1.13. The number of hydrogen-bond donors (Lipinski definition) is 3. The Hall–Kier alpha value is -2.23. The van der Waals surface area contributed by atoms with Crippen molar-refractivity contribution in [3.8, 4) is 5.75 Å². The zero-order valence-electron chi connectivity index (χ0n) is 8.78. The predicted molar refractivity (Wildman–Crippen MR) is 64.4 cm³/mol. The summed E-state index contributed by atoms with van der Waals surface area (Å²) in [5.74, 6) is 0.746. The SMILES string of the molecule is Cc1nc(N)cc2c1[nH]c1ccc(O)cc12. The first-order valence-electron chi connectivity index (χ1n) is 5.02. The molecule has 0 saturated carbocycles. The number of phenolic OH excluding ortho intramolecular Hbond substituents is 1. The Balaban J connectivity index is 2.57. The third-order valence-corrected chi connectivity index (χ3v) is 2.77. The van der Waals surface area contributed by atoms with Gasteiger partial charge in [0.2, 0.25) is 0 Å². The van der Waals surface area contributed by atoms with E-state index in [9.17, 15) is 5.11 Å². The number of fused-ring (bicyclic) bond motifs is 3. The number of pyridine rings is 1. The molecular weight excluding hydrogens is 202 g/mol. The normalized spacial score (nSPS) is 11.3. The third-order valence-electron chi connectivity index (χ3n) is 2.77. The number of aromatic nitrogens is 2. The molecular formula is C12H11N3O. The Bertz CT molecular complexity index is 700. The first kappa shape index (κ1) is 9.03. The van der Waals surface area contributed by atoms with Gasteiger partial charge in [0.25, 0.3) is 0 Å². The summed E-state index contributed by atoms with van der Waals surface area (Å²) in [6.07, 6.45) is 0. The smallest absolute Gasteiger partial charge is 0.124 e. The maximum absolute atomic E-state index is 9.49. The number of anilines is 1. The Labute approximate surface area is 91.7 Å². The number of rotatable bonds is 0. The van der Waals surface area contributed by atoms with Crippen LogP contribution in [0.3, 0.4) is 0 Å². The van der Waals surface area contributed by atoms with Crippen LogP contribution in [0.15, 0.2) is 24.3 Å². The van der Waals surface area contributed by atoms with Gasteiger partial charge < -0.3 is 15.8 Å². The van der Waals surface area contributed by atoms with E-state index in [0.29, 0.717) is 5.82 Å². The van der Waals surface area contributed by atoms with E-state index in [1.807, 2.05) is 19.1 Å². The van der Waals surface area contributed by atoms with Crippen molar-refractivity contribution in [3.63, 3.8) is 0 Å². The summed E-state index contributed by atoms with van der Waals surface area (Å²) in [7, 11) is 0. The number of H-pyrrole nitrogens is 1. The number of nitrogen functional groups attached to an aromatic ring is 1. The van der Waals surface area contributed by atoms with E-state index < -0.39 is 0 Å². The molecule has 3 rings (SSSR count). The molecule has 0 amide bonds. The molecule has 1 aromatic carbocycles. The zero-order valence-corrected chi connectivity index (χ0v) is 8.78. The Morgan fingerprint density at radius 3 is 2.88 bits per heavy atom. The minimum atomic E-state index is 0.251. The van der Waals surface area contributed by atoms with Crippen LogP contribution in [0.1, 0.15) is 5.69 Å². The van der Waals surface area contributed by atoms with Gasteiger partial charge in [0.1, 0.15) is 11.6 Å². The van der Waals surface area contributed by atoms with Crippen LogP contribution in [-0.2, 0) is 0 Å². The van der Waals surface area contributed by atoms with E-state index in [-0.39, 0.29) is 5.75 Å². The molecule has 0 aliphatic carbocycles. The number of phenols is 1. The molecule has 0 saturated heterocycles. The standard InChI is InChI=1S/C12H11N3O/c1-6-12-9(5-11(13)14-6)8-4-7(16)2-3-10(8)15-12/h2-5,15-16H,1H3,(H2,13,14). The maximum atomic E-state index is 9.49. The van der Waals surface area contributed by atoms with Gasteiger partial charge in [0, 0.05) is 16.3 Å². The lowest BCUT2D eigenvalue weighted by Gasteiger charge is -1.97. The van der Waals surface area contributed by atoms with Crippen LogP contribution < -0.4 is 5.73 Å². The number of benzene rings is 1. The van der Waals surface area contributed by atoms with Crippen LogP contribution in [0, 0.1) is 6.92 Å². The number of aromatic hydroxyl groups is 1. The highest BCUT2D eigenvalue weighted by Crippen LogP contribution is 2.30. The van der Waals surface area contributed by atoms with Gasteiger partial charge in [-0.2, -0.15) is 0 Å². The molecule has 4 heteroatoms. The van der Waals surface area contributed by atoms with Crippen LogP contribution >= 0.6 is 0 Å². The van der Waals surface area contributed by atoms with Gasteiger partial charge in [-0.1, -0.05) is 0 Å². The van der Waals surface area contributed by atoms with Crippen molar-refractivity contribution in [1.82, 2.24) is 9.97 Å². The molecule has 4 N–H and O–H groups in total. The summed E-state index contributed by atoms with van der Waals surface area (Å²) in [5, 5.41) is 11.4. The van der Waals surface area contributed by atoms with E-state index >= 15 is 0 Å². The molecule has 0 aliphatic rings. The number of aromatic amines is 1. The van der Waals surface area contributed by atoms with Crippen molar-refractivity contribution in [2.45, 2.75) is 6.92 Å². The van der Waals surface area contributed by atoms with Crippen molar-refractivity contribution >= 4 is 27.6 Å². The second-order valence-electron chi connectivity index (χ2n) is 3.91. The summed E-state index contributed by atoms with van der Waals surface area (Å²) in [5.41, 5.74) is 8.53. The average molecular weight is 213 g/mol. The summed E-state index contributed by atoms with van der Waals surface area (Å²) in [4.78, 5) is 7.48. The fourth-order valence-electron chi connectivity index (χ4n) is 2.07. The van der Waals surface area contributed by atoms with Crippen LogP contribution in [-0.4, -0.2) is 15.1 Å². The quantitative estimate of drug-likeness (QED) is 0.536. The largest absolute Gasteiger partial charge is 0.508 e. The fourth-order valence-corrected chi connectivity index (χ4v) is 2.07. The highest BCUT2D eigenvalue weighted by molar-refractivity contribution is 6.09. The summed E-state index contributed by atoms with van der Waals surface area (Å²) in [6, 6.07) is 7.05. The van der Waals surface area contributed by atoms with Crippen molar-refractivity contribution in [1.29, 1.82) is 0 Å². The molecule has 0 unspecified atom stereocenters. The number of nitrogens with one attached hydrogen (secondary N) is 1. The van der Waals surface area contributed by atoms with Crippen LogP contribution in [0.25, 0.3) is 21.8 Å². The highest BCUT2D eigenvalue weighted by Gasteiger charge is 2.08. The van der Waals surface area contributed by atoms with Gasteiger partial charge in [0.05, 0.1) is 11.2 Å². The van der Waals surface area contributed by atoms with E-state index in [2.05, 4.69) is 9.97 Å². The molecule has 0 spiro atoms. The summed E-state index contributed by atoms with van der Waals surface area (Å²) in [6.45, 7) is 1.91. The predicted octanol–water partition coefficient (Wildman–Crippen LogP) is 2.31. The Morgan fingerprint density at radius 1 is 1.25 bits per heavy atom. The first-order chi connectivity index (χ1) is 7.65. The molecule has 0 bridgehead atoms. The summed E-state index contributed by atoms with van der Waals surface area (Å²) < 4.78 is 0. The second-order valence-corrected chi connectivity index (χ2v) is 3.91. The molecule has 0 aliphatic heterocycles. The molecule has 0 atom stereocenters. The van der Waals surface area contributed by atoms with Gasteiger partial charge in [0.15, 0.2) is 0 Å². The van der Waals surface area contributed by atoms with Gasteiger partial charge in [-0.3, -0.25) is 0 Å². The van der Waals surface area contributed by atoms with Crippen molar-refractivity contribution in [3.05, 3.63) is 30.0 Å².